The fraction of sp³-hybridized carbons (Fsp3) is 1.00. The van der Waals surface area contributed by atoms with Crippen molar-refractivity contribution in [2.24, 2.45) is 22.3 Å². The Balaban J connectivity index is 1.45. The van der Waals surface area contributed by atoms with E-state index in [9.17, 15) is 28.9 Å². The Morgan fingerprint density at radius 1 is 1.16 bits per heavy atom. The second kappa shape index (κ2) is 9.67. The molecule has 0 aromatic carbocycles. The predicted molar refractivity (Wildman–Crippen MR) is 124 cm³/mol. The molecule has 216 valence electrons. The Labute approximate surface area is 213 Å². The van der Waals surface area contributed by atoms with Gasteiger partial charge in [0, 0.05) is 23.8 Å². The molecule has 0 aromatic rings. The zero-order valence-electron chi connectivity index (χ0n) is 20.3. The van der Waals surface area contributed by atoms with Crippen LogP contribution in [0, 0.1) is 10.8 Å². The first-order chi connectivity index (χ1) is 16.7. The number of nitrogens with one attached hydrogen (secondary N) is 2. The summed E-state index contributed by atoms with van der Waals surface area (Å²) in [5, 5.41) is 17.2. The molecule has 21 heteroatoms. The summed E-state index contributed by atoms with van der Waals surface area (Å²) >= 11 is 0. The maximum Gasteiger partial charge on any atom is 0.580 e. The van der Waals surface area contributed by atoms with Crippen molar-refractivity contribution in [1.29, 1.82) is 0 Å². The molecule has 10 unspecified atom stereocenters. The number of hydrogen-bond acceptors (Lipinski definition) is 15. The van der Waals surface area contributed by atoms with E-state index in [1.165, 1.54) is 0 Å². The smallest absolute Gasteiger partial charge is 0.390 e. The normalized spacial score (nSPS) is 46.2. The minimum Gasteiger partial charge on any atom is -0.390 e. The number of aliphatic hydroxyl groups excluding tert-OH is 1. The summed E-state index contributed by atoms with van der Waals surface area (Å²) in [6.45, 7) is 5.93. The quantitative estimate of drug-likeness (QED) is 0.0971. The van der Waals surface area contributed by atoms with E-state index in [4.69, 9.17) is 35.3 Å². The predicted octanol–water partition coefficient (Wildman–Crippen LogP) is -2.47. The summed E-state index contributed by atoms with van der Waals surface area (Å²) in [6, 6.07) is 0. The number of hydrogen-bond donors (Lipinski definition) is 10. The Bertz CT molecular complexity index is 988. The Morgan fingerprint density at radius 2 is 1.81 bits per heavy atom. The highest BCUT2D eigenvalue weighted by atomic mass is 31.3. The number of likely N-dealkylation sites (tertiary alicyclic amines) is 1. The molecule has 37 heavy (non-hydrogen) atoms. The van der Waals surface area contributed by atoms with E-state index in [-0.39, 0.29) is 18.8 Å². The van der Waals surface area contributed by atoms with Gasteiger partial charge < -0.3 is 35.8 Å². The van der Waals surface area contributed by atoms with Crippen LogP contribution >= 0.6 is 23.8 Å². The molecule has 4 rings (SSSR count). The number of rotatable bonds is 9. The van der Waals surface area contributed by atoms with Crippen molar-refractivity contribution in [3.05, 3.63) is 0 Å². The monoisotopic (exact) mass is 598 g/mol. The minimum absolute atomic E-state index is 0.0928. The van der Waals surface area contributed by atoms with E-state index < -0.39 is 71.6 Å². The van der Waals surface area contributed by atoms with Gasteiger partial charge in [0.25, 0.3) is 0 Å². The average Bonchev–Trinajstić information content (AvgIpc) is 3.32. The first-order valence-corrected chi connectivity index (χ1v) is 15.9. The van der Waals surface area contributed by atoms with Gasteiger partial charge in [-0.15, -0.1) is 0 Å². The number of fused-ring (bicyclic) bond motifs is 3. The molecule has 0 bridgehead atoms. The summed E-state index contributed by atoms with van der Waals surface area (Å²) < 4.78 is 46.5. The Morgan fingerprint density at radius 3 is 2.41 bits per heavy atom. The third-order valence-corrected chi connectivity index (χ3v) is 11.4. The highest BCUT2D eigenvalue weighted by molar-refractivity contribution is 7.68. The van der Waals surface area contributed by atoms with Crippen LogP contribution < -0.4 is 22.1 Å². The van der Waals surface area contributed by atoms with E-state index in [0.717, 1.165) is 0 Å². The van der Waals surface area contributed by atoms with Crippen LogP contribution in [0.5, 0.6) is 0 Å². The summed E-state index contributed by atoms with van der Waals surface area (Å²) in [4.78, 5) is 48.2. The molecule has 4 saturated heterocycles. The van der Waals surface area contributed by atoms with Gasteiger partial charge in [0.1, 0.15) is 37.1 Å². The average molecular weight is 598 g/mol. The van der Waals surface area contributed by atoms with Gasteiger partial charge in [-0.25, -0.2) is 9.13 Å². The Hall–Kier alpha value is 0.250. The lowest BCUT2D eigenvalue weighted by Crippen LogP contribution is -2.68. The molecule has 0 saturated carbocycles. The van der Waals surface area contributed by atoms with Crippen LogP contribution in [0.25, 0.3) is 0 Å². The number of ether oxygens (including phenoxy) is 2. The first-order valence-electron chi connectivity index (χ1n) is 11.3. The molecule has 0 aromatic heterocycles. The number of nitrogens with zero attached hydrogens (tertiary/aromatic N) is 1. The van der Waals surface area contributed by atoms with Gasteiger partial charge in [0.15, 0.2) is 0 Å². The zero-order valence-corrected chi connectivity index (χ0v) is 23.0. The standard InChI is InChI=1S/C16H34N5O13P3/c1-14(6-17)7-21(13-15(14,2)11-12(32-11)19-16(3,18)20-13)10-4-8(22)9(31-10)5-30-36(26,27)34-37(28,29)33-35(23,24)25/h8-13,19-20,22,26-27H,4-7,17-18H2,1-3H3,(H2-,23,24,25,28,29)/p+1. The number of epoxide rings is 1. The fourth-order valence-electron chi connectivity index (χ4n) is 5.47. The molecule has 0 radical (unpaired) electrons. The topological polar surface area (TPSA) is 284 Å². The van der Waals surface area contributed by atoms with Crippen LogP contribution in [0.15, 0.2) is 0 Å². The van der Waals surface area contributed by atoms with Gasteiger partial charge in [0.05, 0.1) is 12.3 Å². The van der Waals surface area contributed by atoms with Gasteiger partial charge in [-0.3, -0.25) is 20.4 Å². The van der Waals surface area contributed by atoms with Crippen LogP contribution in [0.3, 0.4) is 0 Å². The molecule has 12 N–H and O–H groups in total. The van der Waals surface area contributed by atoms with Crippen LogP contribution in [-0.2, 0) is 31.7 Å². The maximum absolute atomic E-state index is 11.6. The van der Waals surface area contributed by atoms with E-state index in [1.54, 1.807) is 6.92 Å². The molecule has 18 nitrogen and oxygen atoms in total. The first kappa shape index (κ1) is 30.2. The second-order valence-corrected chi connectivity index (χ2v) is 14.9. The third kappa shape index (κ3) is 6.14. The SMILES string of the molecule is CC1(N)NC2OC2C2(C)C(N1)N(C1CC(O)C(CO[P+](O)(O)OP(=O)(O)OP(=O)(O)O)O1)CC2(C)CN. The molecule has 0 aliphatic carbocycles. The van der Waals surface area contributed by atoms with Gasteiger partial charge in [-0.1, -0.05) is 13.8 Å². The van der Waals surface area contributed by atoms with Crippen LogP contribution in [0.1, 0.15) is 27.2 Å². The van der Waals surface area contributed by atoms with Crippen molar-refractivity contribution in [2.45, 2.75) is 69.9 Å². The van der Waals surface area contributed by atoms with E-state index in [0.29, 0.717) is 13.1 Å². The largest absolute Gasteiger partial charge is 0.580 e. The van der Waals surface area contributed by atoms with Crippen LogP contribution in [0.4, 0.5) is 0 Å². The second-order valence-electron chi connectivity index (χ2n) is 10.4. The van der Waals surface area contributed by atoms with Gasteiger partial charge in [-0.05, 0) is 17.8 Å². The zero-order chi connectivity index (χ0) is 27.8. The third-order valence-electron chi connectivity index (χ3n) is 7.54. The molecule has 4 aliphatic rings. The molecule has 4 heterocycles. The van der Waals surface area contributed by atoms with Gasteiger partial charge in [0.2, 0.25) is 0 Å². The van der Waals surface area contributed by atoms with Crippen molar-refractivity contribution < 1.29 is 61.3 Å². The summed E-state index contributed by atoms with van der Waals surface area (Å²) in [5.41, 5.74) is 11.7. The lowest BCUT2D eigenvalue weighted by atomic mass is 9.64. The van der Waals surface area contributed by atoms with Crippen LogP contribution in [-0.4, -0.2) is 96.9 Å². The number of phosphoric acid groups is 2. The molecule has 4 fully saturated rings. The van der Waals surface area contributed by atoms with E-state index >= 15 is 0 Å². The summed E-state index contributed by atoms with van der Waals surface area (Å²) in [7, 11) is -16.2. The highest BCUT2D eigenvalue weighted by Crippen LogP contribution is 2.70. The molecule has 4 aliphatic heterocycles. The molecular formula is C16H35N5O13P3+. The fourth-order valence-corrected chi connectivity index (χ4v) is 8.54. The summed E-state index contributed by atoms with van der Waals surface area (Å²) in [5.74, 6) is -0.998. The van der Waals surface area contributed by atoms with Gasteiger partial charge in [-0.2, -0.15) is 18.6 Å². The van der Waals surface area contributed by atoms with Crippen molar-refractivity contribution in [1.82, 2.24) is 15.5 Å². The lowest BCUT2D eigenvalue weighted by molar-refractivity contribution is -0.0993. The van der Waals surface area contributed by atoms with Crippen molar-refractivity contribution >= 4 is 23.8 Å². The van der Waals surface area contributed by atoms with Gasteiger partial charge >= 0.3 is 23.8 Å². The summed E-state index contributed by atoms with van der Waals surface area (Å²) in [6.07, 6.45) is -3.71. The molecule has 10 atom stereocenters. The van der Waals surface area contributed by atoms with Crippen LogP contribution in [0.2, 0.25) is 0 Å². The van der Waals surface area contributed by atoms with Crippen molar-refractivity contribution in [2.75, 3.05) is 19.7 Å². The maximum atomic E-state index is 11.6. The van der Waals surface area contributed by atoms with E-state index in [1.807, 2.05) is 11.8 Å². The minimum atomic E-state index is -5.60. The van der Waals surface area contributed by atoms with E-state index in [2.05, 4.69) is 26.2 Å². The molecular weight excluding hydrogens is 563 g/mol. The highest BCUT2D eigenvalue weighted by Gasteiger charge is 2.71. The number of aliphatic hydroxyl groups is 1. The molecule has 0 spiro atoms. The lowest BCUT2D eigenvalue weighted by Gasteiger charge is -2.44. The Kier molecular flexibility index (Phi) is 7.90. The number of nitrogens with two attached hydrogens (primary N) is 2. The van der Waals surface area contributed by atoms with Crippen molar-refractivity contribution in [3.63, 3.8) is 0 Å². The molecule has 0 amide bonds. The van der Waals surface area contributed by atoms with Crippen molar-refractivity contribution in [3.8, 4) is 0 Å².